The Morgan fingerprint density at radius 1 is 1.37 bits per heavy atom. The predicted octanol–water partition coefficient (Wildman–Crippen LogP) is 2.69. The lowest BCUT2D eigenvalue weighted by atomic mass is 10.1. The van der Waals surface area contributed by atoms with Crippen molar-refractivity contribution in [3.05, 3.63) is 52.1 Å². The number of nitrogens with zero attached hydrogens (tertiary/aromatic N) is 1. The molecule has 0 fully saturated rings. The lowest BCUT2D eigenvalue weighted by Gasteiger charge is -2.09. The molecule has 0 aliphatic rings. The summed E-state index contributed by atoms with van der Waals surface area (Å²) in [5.74, 6) is 5.61. The maximum atomic E-state index is 12.1. The van der Waals surface area contributed by atoms with Gasteiger partial charge in [-0.2, -0.15) is 0 Å². The van der Waals surface area contributed by atoms with Gasteiger partial charge in [-0.15, -0.1) is 0 Å². The number of aryl methyl sites for hydroxylation is 1. The van der Waals surface area contributed by atoms with E-state index in [1.165, 1.54) is 0 Å². The number of para-hydroxylation sites is 1. The molecule has 1 amide bonds. The van der Waals surface area contributed by atoms with Crippen LogP contribution in [0.2, 0.25) is 0 Å². The summed E-state index contributed by atoms with van der Waals surface area (Å²) in [6.07, 6.45) is 1.65. The van der Waals surface area contributed by atoms with E-state index in [0.29, 0.717) is 17.1 Å². The van der Waals surface area contributed by atoms with Gasteiger partial charge in [-0.3, -0.25) is 10.6 Å². The monoisotopic (exact) mass is 320 g/mol. The number of hydrazine groups is 1. The zero-order chi connectivity index (χ0) is 13.8. The fourth-order valence-electron chi connectivity index (χ4n) is 1.60. The first kappa shape index (κ1) is 13.5. The zero-order valence-electron chi connectivity index (χ0n) is 10.3. The van der Waals surface area contributed by atoms with E-state index in [9.17, 15) is 4.79 Å². The highest BCUT2D eigenvalue weighted by Crippen LogP contribution is 2.19. The van der Waals surface area contributed by atoms with Gasteiger partial charge in [0.15, 0.2) is 0 Å². The largest absolute Gasteiger partial charge is 0.323 e. The van der Waals surface area contributed by atoms with Crippen LogP contribution in [-0.2, 0) is 0 Å². The Balaban J connectivity index is 2.23. The fraction of sp³-hybridized carbons (Fsp3) is 0.0769. The molecule has 1 aromatic carbocycles. The van der Waals surface area contributed by atoms with Crippen LogP contribution in [0.1, 0.15) is 15.9 Å². The third-order valence-electron chi connectivity index (χ3n) is 2.62. The number of nitrogens with one attached hydrogen (secondary N) is 2. The van der Waals surface area contributed by atoms with E-state index in [0.717, 1.165) is 10.0 Å². The third-order valence-corrected chi connectivity index (χ3v) is 3.45. The van der Waals surface area contributed by atoms with E-state index in [4.69, 9.17) is 5.84 Å². The second-order valence-corrected chi connectivity index (χ2v) is 4.82. The van der Waals surface area contributed by atoms with Gasteiger partial charge in [0, 0.05) is 10.7 Å². The van der Waals surface area contributed by atoms with E-state index < -0.39 is 0 Å². The van der Waals surface area contributed by atoms with Crippen LogP contribution in [0.3, 0.4) is 0 Å². The van der Waals surface area contributed by atoms with Crippen LogP contribution in [0.25, 0.3) is 0 Å². The van der Waals surface area contributed by atoms with E-state index in [-0.39, 0.29) is 5.91 Å². The van der Waals surface area contributed by atoms with Crippen LogP contribution < -0.4 is 16.6 Å². The molecule has 0 spiro atoms. The number of aromatic nitrogens is 1. The second-order valence-electron chi connectivity index (χ2n) is 3.96. The summed E-state index contributed by atoms with van der Waals surface area (Å²) in [6.45, 7) is 1.93. The molecule has 0 unspecified atom stereocenters. The Bertz CT molecular complexity index is 615. The minimum absolute atomic E-state index is 0.261. The van der Waals surface area contributed by atoms with Crippen molar-refractivity contribution in [3.8, 4) is 0 Å². The maximum absolute atomic E-state index is 12.1. The first-order valence-corrected chi connectivity index (χ1v) is 6.40. The zero-order valence-corrected chi connectivity index (χ0v) is 11.9. The summed E-state index contributed by atoms with van der Waals surface area (Å²) in [6, 6.07) is 8.79. The van der Waals surface area contributed by atoms with Gasteiger partial charge in [-0.05, 0) is 46.6 Å². The van der Waals surface area contributed by atoms with Crippen LogP contribution in [0.5, 0.6) is 0 Å². The Labute approximate surface area is 119 Å². The Hall–Kier alpha value is -1.92. The van der Waals surface area contributed by atoms with Crippen LogP contribution in [-0.4, -0.2) is 10.9 Å². The SMILES string of the molecule is Cc1cc(NC(=O)c2ccccc2NN)ncc1Br. The highest BCUT2D eigenvalue weighted by atomic mass is 79.9. The molecule has 1 heterocycles. The first-order valence-electron chi connectivity index (χ1n) is 5.61. The Kier molecular flexibility index (Phi) is 4.13. The number of benzene rings is 1. The molecule has 19 heavy (non-hydrogen) atoms. The first-order chi connectivity index (χ1) is 9.11. The lowest BCUT2D eigenvalue weighted by molar-refractivity contribution is 0.102. The molecule has 6 heteroatoms. The summed E-state index contributed by atoms with van der Waals surface area (Å²) >= 11 is 3.36. The summed E-state index contributed by atoms with van der Waals surface area (Å²) in [4.78, 5) is 16.3. The van der Waals surface area contributed by atoms with E-state index in [2.05, 4.69) is 31.7 Å². The molecule has 4 N–H and O–H groups in total. The number of hydrogen-bond donors (Lipinski definition) is 3. The summed E-state index contributed by atoms with van der Waals surface area (Å²) < 4.78 is 0.898. The van der Waals surface area contributed by atoms with Crippen molar-refractivity contribution in [1.82, 2.24) is 4.98 Å². The van der Waals surface area contributed by atoms with Crippen molar-refractivity contribution in [2.24, 2.45) is 5.84 Å². The van der Waals surface area contributed by atoms with Gasteiger partial charge in [0.1, 0.15) is 5.82 Å². The average Bonchev–Trinajstić information content (AvgIpc) is 2.43. The molecule has 0 bridgehead atoms. The number of amides is 1. The number of carbonyl (C=O) groups is 1. The number of carbonyl (C=O) groups excluding carboxylic acids is 1. The summed E-state index contributed by atoms with van der Waals surface area (Å²) in [5, 5.41) is 2.73. The van der Waals surface area contributed by atoms with Crippen molar-refractivity contribution < 1.29 is 4.79 Å². The summed E-state index contributed by atoms with van der Waals surface area (Å²) in [5.41, 5.74) is 4.52. The fourth-order valence-corrected chi connectivity index (χ4v) is 1.82. The number of anilines is 2. The smallest absolute Gasteiger partial charge is 0.258 e. The molecule has 2 aromatic rings. The van der Waals surface area contributed by atoms with E-state index in [1.807, 2.05) is 6.92 Å². The summed E-state index contributed by atoms with van der Waals surface area (Å²) in [7, 11) is 0. The number of nitrogen functional groups attached to an aromatic ring is 1. The Morgan fingerprint density at radius 2 is 2.11 bits per heavy atom. The van der Waals surface area contributed by atoms with E-state index >= 15 is 0 Å². The number of halogens is 1. The minimum atomic E-state index is -0.261. The van der Waals surface area contributed by atoms with Gasteiger partial charge < -0.3 is 10.7 Å². The molecule has 0 atom stereocenters. The quantitative estimate of drug-likeness (QED) is 0.600. The third kappa shape index (κ3) is 3.10. The van der Waals surface area contributed by atoms with Gasteiger partial charge in [-0.25, -0.2) is 4.98 Å². The molecule has 0 saturated carbocycles. The molecule has 0 radical (unpaired) electrons. The van der Waals surface area contributed by atoms with Crippen LogP contribution in [0.15, 0.2) is 41.0 Å². The van der Waals surface area contributed by atoms with Crippen LogP contribution >= 0.6 is 15.9 Å². The van der Waals surface area contributed by atoms with Gasteiger partial charge >= 0.3 is 0 Å². The molecular formula is C13H13BrN4O. The number of nitrogens with two attached hydrogens (primary N) is 1. The van der Waals surface area contributed by atoms with Crippen molar-refractivity contribution in [3.63, 3.8) is 0 Å². The topological polar surface area (TPSA) is 80.0 Å². The van der Waals surface area contributed by atoms with Crippen LogP contribution in [0.4, 0.5) is 11.5 Å². The van der Waals surface area contributed by atoms with Crippen molar-refractivity contribution in [2.75, 3.05) is 10.7 Å². The van der Waals surface area contributed by atoms with E-state index in [1.54, 1.807) is 36.5 Å². The predicted molar refractivity (Wildman–Crippen MR) is 78.9 cm³/mol. The van der Waals surface area contributed by atoms with Crippen molar-refractivity contribution >= 4 is 33.3 Å². The number of hydrogen-bond acceptors (Lipinski definition) is 4. The molecule has 2 rings (SSSR count). The van der Waals surface area contributed by atoms with Gasteiger partial charge in [-0.1, -0.05) is 12.1 Å². The molecule has 0 aliphatic carbocycles. The van der Waals surface area contributed by atoms with Gasteiger partial charge in [0.05, 0.1) is 11.3 Å². The Morgan fingerprint density at radius 3 is 2.79 bits per heavy atom. The molecule has 0 aliphatic heterocycles. The van der Waals surface area contributed by atoms with Crippen molar-refractivity contribution in [2.45, 2.75) is 6.92 Å². The highest BCUT2D eigenvalue weighted by Gasteiger charge is 2.11. The molecule has 1 aromatic heterocycles. The van der Waals surface area contributed by atoms with Gasteiger partial charge in [0.25, 0.3) is 5.91 Å². The molecule has 5 nitrogen and oxygen atoms in total. The second kappa shape index (κ2) is 5.81. The van der Waals surface area contributed by atoms with Crippen LogP contribution in [0, 0.1) is 6.92 Å². The molecule has 98 valence electrons. The molecule has 0 saturated heterocycles. The average molecular weight is 321 g/mol. The molecular weight excluding hydrogens is 308 g/mol. The minimum Gasteiger partial charge on any atom is -0.323 e. The maximum Gasteiger partial charge on any atom is 0.258 e. The number of rotatable bonds is 3. The van der Waals surface area contributed by atoms with Gasteiger partial charge in [0.2, 0.25) is 0 Å². The number of pyridine rings is 1. The normalized spacial score (nSPS) is 10.1. The standard InChI is InChI=1S/C13H13BrN4O/c1-8-6-12(16-7-10(8)14)17-13(19)9-4-2-3-5-11(9)18-15/h2-7,18H,15H2,1H3,(H,16,17,19). The van der Waals surface area contributed by atoms with Crippen molar-refractivity contribution in [1.29, 1.82) is 0 Å². The highest BCUT2D eigenvalue weighted by molar-refractivity contribution is 9.10. The lowest BCUT2D eigenvalue weighted by Crippen LogP contribution is -2.17.